The van der Waals surface area contributed by atoms with Crippen molar-refractivity contribution in [1.29, 1.82) is 0 Å². The van der Waals surface area contributed by atoms with Crippen LogP contribution < -0.4 is 16.0 Å². The summed E-state index contributed by atoms with van der Waals surface area (Å²) in [5, 5.41) is 8.45. The van der Waals surface area contributed by atoms with E-state index in [2.05, 4.69) is 16.0 Å². The number of furan rings is 1. The van der Waals surface area contributed by atoms with Crippen molar-refractivity contribution >= 4 is 29.1 Å². The molecule has 9 nitrogen and oxygen atoms in total. The molecule has 3 N–H and O–H groups in total. The Morgan fingerprint density at radius 3 is 2.20 bits per heavy atom. The predicted molar refractivity (Wildman–Crippen MR) is 131 cm³/mol. The highest BCUT2D eigenvalue weighted by Gasteiger charge is 2.23. The molecule has 4 rings (SSSR count). The molecular formula is C26H28N4O5. The number of rotatable bonds is 9. The Bertz CT molecular complexity index is 1110. The molecule has 1 aromatic heterocycles. The van der Waals surface area contributed by atoms with E-state index in [-0.39, 0.29) is 17.6 Å². The minimum Gasteiger partial charge on any atom is -0.459 e. The number of carbonyl (C=O) groups is 3. The molecule has 1 aliphatic heterocycles. The number of amides is 3. The van der Waals surface area contributed by atoms with Crippen LogP contribution in [0.4, 0.5) is 11.4 Å². The zero-order valence-electron chi connectivity index (χ0n) is 19.2. The fraction of sp³-hybridized carbons (Fsp3) is 0.269. The summed E-state index contributed by atoms with van der Waals surface area (Å²) in [7, 11) is 0. The summed E-state index contributed by atoms with van der Waals surface area (Å²) in [5.41, 5.74) is 2.09. The second kappa shape index (κ2) is 12.0. The fourth-order valence-corrected chi connectivity index (χ4v) is 3.73. The van der Waals surface area contributed by atoms with Crippen LogP contribution in [0.25, 0.3) is 0 Å². The maximum Gasteiger partial charge on any atom is 0.287 e. The van der Waals surface area contributed by atoms with Crippen LogP contribution in [0.3, 0.4) is 0 Å². The molecule has 1 aliphatic rings. The molecule has 1 saturated heterocycles. The van der Waals surface area contributed by atoms with Crippen molar-refractivity contribution in [3.8, 4) is 0 Å². The van der Waals surface area contributed by atoms with E-state index in [1.165, 1.54) is 6.26 Å². The Balaban J connectivity index is 1.36. The van der Waals surface area contributed by atoms with Gasteiger partial charge in [0, 0.05) is 30.9 Å². The minimum absolute atomic E-state index is 0.104. The first-order valence-electron chi connectivity index (χ1n) is 11.5. The maximum atomic E-state index is 13.1. The van der Waals surface area contributed by atoms with Crippen LogP contribution in [0.1, 0.15) is 16.1 Å². The van der Waals surface area contributed by atoms with Crippen molar-refractivity contribution in [2.75, 3.05) is 43.5 Å². The standard InChI is InChI=1S/C26H28N4O5/c31-24(18-30-12-15-34-16-13-30)27-20-8-10-21(11-9-20)28-25(32)22(17-19-5-2-1-3-6-19)29-26(33)23-7-4-14-35-23/h1-11,14,22H,12-13,15-18H2,(H,27,31)(H,28,32)(H,29,33). The van der Waals surface area contributed by atoms with Crippen molar-refractivity contribution in [3.05, 3.63) is 84.3 Å². The largest absolute Gasteiger partial charge is 0.459 e. The molecule has 1 atom stereocenters. The number of hydrogen-bond acceptors (Lipinski definition) is 6. The van der Waals surface area contributed by atoms with Gasteiger partial charge in [-0.05, 0) is 42.0 Å². The fourth-order valence-electron chi connectivity index (χ4n) is 3.73. The average Bonchev–Trinajstić information content (AvgIpc) is 3.41. The second-order valence-electron chi connectivity index (χ2n) is 8.20. The highest BCUT2D eigenvalue weighted by atomic mass is 16.5. The monoisotopic (exact) mass is 476 g/mol. The van der Waals surface area contributed by atoms with Crippen LogP contribution in [0.5, 0.6) is 0 Å². The van der Waals surface area contributed by atoms with Gasteiger partial charge in [-0.1, -0.05) is 30.3 Å². The average molecular weight is 477 g/mol. The van der Waals surface area contributed by atoms with E-state index in [1.807, 2.05) is 35.2 Å². The molecule has 35 heavy (non-hydrogen) atoms. The van der Waals surface area contributed by atoms with Gasteiger partial charge in [0.2, 0.25) is 11.8 Å². The summed E-state index contributed by atoms with van der Waals surface area (Å²) >= 11 is 0. The maximum absolute atomic E-state index is 13.1. The molecular weight excluding hydrogens is 448 g/mol. The Labute approximate surface area is 203 Å². The summed E-state index contributed by atoms with van der Waals surface area (Å²) in [6.45, 7) is 3.04. The molecule has 0 bridgehead atoms. The number of nitrogens with one attached hydrogen (secondary N) is 3. The van der Waals surface area contributed by atoms with Crippen molar-refractivity contribution in [1.82, 2.24) is 10.2 Å². The molecule has 9 heteroatoms. The van der Waals surface area contributed by atoms with E-state index in [0.717, 1.165) is 18.7 Å². The first-order chi connectivity index (χ1) is 17.1. The van der Waals surface area contributed by atoms with Crippen molar-refractivity contribution in [2.45, 2.75) is 12.5 Å². The lowest BCUT2D eigenvalue weighted by atomic mass is 10.0. The summed E-state index contributed by atoms with van der Waals surface area (Å²) in [5.74, 6) is -0.803. The quantitative estimate of drug-likeness (QED) is 0.438. The molecule has 182 valence electrons. The molecule has 3 aromatic rings. The first kappa shape index (κ1) is 24.2. The second-order valence-corrected chi connectivity index (χ2v) is 8.20. The van der Waals surface area contributed by atoms with Gasteiger partial charge >= 0.3 is 0 Å². The van der Waals surface area contributed by atoms with Crippen molar-refractivity contribution in [2.24, 2.45) is 0 Å². The molecule has 2 aromatic carbocycles. The highest BCUT2D eigenvalue weighted by Crippen LogP contribution is 2.15. The third-order valence-corrected chi connectivity index (χ3v) is 5.56. The van der Waals surface area contributed by atoms with Crippen LogP contribution in [0.15, 0.2) is 77.4 Å². The lowest BCUT2D eigenvalue weighted by Crippen LogP contribution is -2.45. The van der Waals surface area contributed by atoms with Crippen LogP contribution >= 0.6 is 0 Å². The van der Waals surface area contributed by atoms with Gasteiger partial charge in [-0.25, -0.2) is 0 Å². The highest BCUT2D eigenvalue weighted by molar-refractivity contribution is 6.00. The van der Waals surface area contributed by atoms with Gasteiger partial charge in [-0.2, -0.15) is 0 Å². The van der Waals surface area contributed by atoms with Crippen LogP contribution in [-0.2, 0) is 20.7 Å². The molecule has 0 aliphatic carbocycles. The van der Waals surface area contributed by atoms with E-state index >= 15 is 0 Å². The topological polar surface area (TPSA) is 113 Å². The van der Waals surface area contributed by atoms with Gasteiger partial charge in [0.05, 0.1) is 26.0 Å². The summed E-state index contributed by atoms with van der Waals surface area (Å²) < 4.78 is 10.4. The molecule has 3 amide bonds. The van der Waals surface area contributed by atoms with Crippen molar-refractivity contribution < 1.29 is 23.5 Å². The van der Waals surface area contributed by atoms with Gasteiger partial charge in [0.1, 0.15) is 6.04 Å². The molecule has 0 spiro atoms. The molecule has 0 radical (unpaired) electrons. The van der Waals surface area contributed by atoms with E-state index in [0.29, 0.717) is 37.6 Å². The third kappa shape index (κ3) is 7.26. The summed E-state index contributed by atoms with van der Waals surface area (Å²) in [6, 6.07) is 18.6. The lowest BCUT2D eigenvalue weighted by molar-refractivity contribution is -0.119. The third-order valence-electron chi connectivity index (χ3n) is 5.56. The van der Waals surface area contributed by atoms with Gasteiger partial charge in [0.15, 0.2) is 5.76 Å². The summed E-state index contributed by atoms with van der Waals surface area (Å²) in [4.78, 5) is 39.9. The van der Waals surface area contributed by atoms with Crippen LogP contribution in [-0.4, -0.2) is 61.5 Å². The van der Waals surface area contributed by atoms with Gasteiger partial charge in [-0.3, -0.25) is 19.3 Å². The zero-order valence-corrected chi connectivity index (χ0v) is 19.2. The normalized spacial score (nSPS) is 14.6. The van der Waals surface area contributed by atoms with E-state index in [1.54, 1.807) is 36.4 Å². The first-order valence-corrected chi connectivity index (χ1v) is 11.5. The number of carbonyl (C=O) groups excluding carboxylic acids is 3. The molecule has 2 heterocycles. The van der Waals surface area contributed by atoms with E-state index in [9.17, 15) is 14.4 Å². The minimum atomic E-state index is -0.817. The zero-order chi connectivity index (χ0) is 24.5. The Kier molecular flexibility index (Phi) is 8.26. The lowest BCUT2D eigenvalue weighted by Gasteiger charge is -2.25. The number of ether oxygens (including phenoxy) is 1. The smallest absolute Gasteiger partial charge is 0.287 e. The van der Waals surface area contributed by atoms with Gasteiger partial charge in [-0.15, -0.1) is 0 Å². The van der Waals surface area contributed by atoms with Crippen molar-refractivity contribution in [3.63, 3.8) is 0 Å². The number of benzene rings is 2. The predicted octanol–water partition coefficient (Wildman–Crippen LogP) is 2.53. The Hall–Kier alpha value is -3.95. The number of morpholine rings is 1. The van der Waals surface area contributed by atoms with Crippen LogP contribution in [0.2, 0.25) is 0 Å². The van der Waals surface area contributed by atoms with E-state index in [4.69, 9.17) is 9.15 Å². The SMILES string of the molecule is O=C(CN1CCOCC1)Nc1ccc(NC(=O)C(Cc2ccccc2)NC(=O)c2ccco2)cc1. The number of anilines is 2. The Morgan fingerprint density at radius 2 is 1.54 bits per heavy atom. The molecule has 0 saturated carbocycles. The number of nitrogens with zero attached hydrogens (tertiary/aromatic N) is 1. The van der Waals surface area contributed by atoms with Crippen LogP contribution in [0, 0.1) is 0 Å². The summed E-state index contributed by atoms with van der Waals surface area (Å²) in [6.07, 6.45) is 1.72. The Morgan fingerprint density at radius 1 is 0.857 bits per heavy atom. The molecule has 1 fully saturated rings. The van der Waals surface area contributed by atoms with E-state index < -0.39 is 11.9 Å². The van der Waals surface area contributed by atoms with Gasteiger partial charge in [0.25, 0.3) is 5.91 Å². The molecule has 1 unspecified atom stereocenters. The van der Waals surface area contributed by atoms with Gasteiger partial charge < -0.3 is 25.1 Å². The number of hydrogen-bond donors (Lipinski definition) is 3.